The Bertz CT molecular complexity index is 416. The predicted octanol–water partition coefficient (Wildman–Crippen LogP) is 0.852. The molecular formula is C11H17N5. The molecule has 5 nitrogen and oxygen atoms in total. The van der Waals surface area contributed by atoms with Crippen molar-refractivity contribution in [2.24, 2.45) is 14.1 Å². The highest BCUT2D eigenvalue weighted by atomic mass is 15.1. The van der Waals surface area contributed by atoms with E-state index in [9.17, 15) is 0 Å². The first-order valence-corrected chi connectivity index (χ1v) is 5.42. The zero-order valence-electron chi connectivity index (χ0n) is 9.88. The summed E-state index contributed by atoms with van der Waals surface area (Å²) in [7, 11) is 3.99. The van der Waals surface area contributed by atoms with Crippen LogP contribution in [0.1, 0.15) is 24.6 Å². The van der Waals surface area contributed by atoms with Crippen molar-refractivity contribution in [2.75, 3.05) is 6.54 Å². The van der Waals surface area contributed by atoms with Crippen LogP contribution in [0.4, 0.5) is 0 Å². The van der Waals surface area contributed by atoms with E-state index >= 15 is 0 Å². The molecule has 2 aromatic heterocycles. The standard InChI is InChI=1S/C11H17N5/c1-4-12-9(10-13-5-7-15(10)2)11-14-6-8-16(11)3/h5-9,12H,4H2,1-3H3. The van der Waals surface area contributed by atoms with Gasteiger partial charge in [-0.2, -0.15) is 0 Å². The summed E-state index contributed by atoms with van der Waals surface area (Å²) in [6.07, 6.45) is 7.51. The summed E-state index contributed by atoms with van der Waals surface area (Å²) in [5.74, 6) is 1.97. The Morgan fingerprint density at radius 3 is 1.94 bits per heavy atom. The van der Waals surface area contributed by atoms with Crippen LogP contribution in [-0.2, 0) is 14.1 Å². The molecule has 0 radical (unpaired) electrons. The molecule has 0 aromatic carbocycles. The second-order valence-corrected chi connectivity index (χ2v) is 3.78. The molecular weight excluding hydrogens is 202 g/mol. The van der Waals surface area contributed by atoms with Crippen molar-refractivity contribution >= 4 is 0 Å². The van der Waals surface area contributed by atoms with Crippen molar-refractivity contribution in [3.63, 3.8) is 0 Å². The Morgan fingerprint density at radius 2 is 1.62 bits per heavy atom. The van der Waals surface area contributed by atoms with Gasteiger partial charge in [0.25, 0.3) is 0 Å². The highest BCUT2D eigenvalue weighted by Crippen LogP contribution is 2.17. The van der Waals surface area contributed by atoms with Crippen LogP contribution in [0.5, 0.6) is 0 Å². The lowest BCUT2D eigenvalue weighted by atomic mass is 10.2. The highest BCUT2D eigenvalue weighted by molar-refractivity contribution is 5.12. The Morgan fingerprint density at radius 1 is 1.12 bits per heavy atom. The van der Waals surface area contributed by atoms with E-state index in [0.29, 0.717) is 0 Å². The lowest BCUT2D eigenvalue weighted by Crippen LogP contribution is -2.27. The molecule has 0 aliphatic rings. The van der Waals surface area contributed by atoms with Gasteiger partial charge in [0.1, 0.15) is 17.7 Å². The number of nitrogens with zero attached hydrogens (tertiary/aromatic N) is 4. The number of aryl methyl sites for hydroxylation is 2. The molecule has 0 aliphatic heterocycles. The number of rotatable bonds is 4. The van der Waals surface area contributed by atoms with Crippen LogP contribution in [0.2, 0.25) is 0 Å². The number of aromatic nitrogens is 4. The molecule has 1 N–H and O–H groups in total. The fourth-order valence-corrected chi connectivity index (χ4v) is 1.81. The van der Waals surface area contributed by atoms with E-state index in [1.807, 2.05) is 48.0 Å². The fraction of sp³-hybridized carbons (Fsp3) is 0.455. The summed E-state index contributed by atoms with van der Waals surface area (Å²) in [4.78, 5) is 8.76. The van der Waals surface area contributed by atoms with Crippen molar-refractivity contribution in [3.8, 4) is 0 Å². The van der Waals surface area contributed by atoms with Crippen molar-refractivity contribution in [1.82, 2.24) is 24.4 Å². The maximum absolute atomic E-state index is 4.38. The molecule has 0 atom stereocenters. The molecule has 16 heavy (non-hydrogen) atoms. The molecule has 0 fully saturated rings. The third kappa shape index (κ3) is 1.86. The second-order valence-electron chi connectivity index (χ2n) is 3.78. The second kappa shape index (κ2) is 4.49. The molecule has 0 aliphatic carbocycles. The Kier molecular flexibility index (Phi) is 3.05. The Labute approximate surface area is 95.1 Å². The van der Waals surface area contributed by atoms with E-state index in [1.54, 1.807) is 0 Å². The summed E-state index contributed by atoms with van der Waals surface area (Å²) in [6.45, 7) is 2.96. The van der Waals surface area contributed by atoms with E-state index < -0.39 is 0 Å². The third-order valence-electron chi connectivity index (χ3n) is 2.64. The molecule has 86 valence electrons. The number of imidazole rings is 2. The summed E-state index contributed by atoms with van der Waals surface area (Å²) >= 11 is 0. The molecule has 0 amide bonds. The molecule has 0 saturated carbocycles. The third-order valence-corrected chi connectivity index (χ3v) is 2.64. The lowest BCUT2D eigenvalue weighted by molar-refractivity contribution is 0.535. The van der Waals surface area contributed by atoms with Crippen LogP contribution in [0.25, 0.3) is 0 Å². The monoisotopic (exact) mass is 219 g/mol. The minimum atomic E-state index is 0.0463. The molecule has 2 aromatic rings. The molecule has 2 rings (SSSR count). The maximum atomic E-state index is 4.38. The summed E-state index contributed by atoms with van der Waals surface area (Å²) in [5, 5.41) is 3.40. The van der Waals surface area contributed by atoms with Crippen molar-refractivity contribution in [3.05, 3.63) is 36.4 Å². The number of hydrogen-bond acceptors (Lipinski definition) is 3. The fourth-order valence-electron chi connectivity index (χ4n) is 1.81. The lowest BCUT2D eigenvalue weighted by Gasteiger charge is -2.17. The SMILES string of the molecule is CCNC(c1nccn1C)c1nccn1C. The summed E-state index contributed by atoms with van der Waals surface area (Å²) < 4.78 is 4.03. The van der Waals surface area contributed by atoms with Gasteiger partial charge in [0.05, 0.1) is 0 Å². The molecule has 5 heteroatoms. The van der Waals surface area contributed by atoms with Gasteiger partial charge >= 0.3 is 0 Å². The maximum Gasteiger partial charge on any atom is 0.133 e. The van der Waals surface area contributed by atoms with E-state index in [2.05, 4.69) is 22.2 Å². The molecule has 0 unspecified atom stereocenters. The van der Waals surface area contributed by atoms with Gasteiger partial charge in [-0.05, 0) is 6.54 Å². The van der Waals surface area contributed by atoms with Crippen LogP contribution in [-0.4, -0.2) is 25.6 Å². The van der Waals surface area contributed by atoms with Gasteiger partial charge < -0.3 is 14.5 Å². The van der Waals surface area contributed by atoms with Gasteiger partial charge in [-0.25, -0.2) is 9.97 Å². The summed E-state index contributed by atoms with van der Waals surface area (Å²) in [6, 6.07) is 0.0463. The Balaban J connectivity index is 2.39. The van der Waals surface area contributed by atoms with Gasteiger partial charge in [0.15, 0.2) is 0 Å². The minimum absolute atomic E-state index is 0.0463. The predicted molar refractivity (Wildman–Crippen MR) is 61.9 cm³/mol. The van der Waals surface area contributed by atoms with E-state index in [0.717, 1.165) is 18.2 Å². The average molecular weight is 219 g/mol. The van der Waals surface area contributed by atoms with Crippen molar-refractivity contribution in [1.29, 1.82) is 0 Å². The topological polar surface area (TPSA) is 47.7 Å². The molecule has 2 heterocycles. The van der Waals surface area contributed by atoms with E-state index in [4.69, 9.17) is 0 Å². The Hall–Kier alpha value is -1.62. The van der Waals surface area contributed by atoms with Gasteiger partial charge in [0.2, 0.25) is 0 Å². The molecule has 0 spiro atoms. The van der Waals surface area contributed by atoms with Gasteiger partial charge in [-0.3, -0.25) is 0 Å². The van der Waals surface area contributed by atoms with Gasteiger partial charge in [-0.15, -0.1) is 0 Å². The van der Waals surface area contributed by atoms with E-state index in [-0.39, 0.29) is 6.04 Å². The smallest absolute Gasteiger partial charge is 0.133 e. The normalized spacial score (nSPS) is 11.2. The molecule has 0 saturated heterocycles. The first-order chi connectivity index (χ1) is 7.74. The van der Waals surface area contributed by atoms with Crippen molar-refractivity contribution in [2.45, 2.75) is 13.0 Å². The van der Waals surface area contributed by atoms with Crippen LogP contribution >= 0.6 is 0 Å². The van der Waals surface area contributed by atoms with Crippen LogP contribution in [0.3, 0.4) is 0 Å². The van der Waals surface area contributed by atoms with Crippen LogP contribution in [0.15, 0.2) is 24.8 Å². The number of hydrogen-bond donors (Lipinski definition) is 1. The first kappa shape index (κ1) is 10.9. The van der Waals surface area contributed by atoms with E-state index in [1.165, 1.54) is 0 Å². The zero-order valence-corrected chi connectivity index (χ0v) is 9.88. The quantitative estimate of drug-likeness (QED) is 0.829. The van der Waals surface area contributed by atoms with Gasteiger partial charge in [-0.1, -0.05) is 6.92 Å². The average Bonchev–Trinajstić information content (AvgIpc) is 2.84. The minimum Gasteiger partial charge on any atom is -0.336 e. The van der Waals surface area contributed by atoms with Crippen LogP contribution in [0, 0.1) is 0 Å². The highest BCUT2D eigenvalue weighted by Gasteiger charge is 2.20. The van der Waals surface area contributed by atoms with Crippen molar-refractivity contribution < 1.29 is 0 Å². The van der Waals surface area contributed by atoms with Crippen LogP contribution < -0.4 is 5.32 Å². The molecule has 0 bridgehead atoms. The largest absolute Gasteiger partial charge is 0.336 e. The first-order valence-electron chi connectivity index (χ1n) is 5.42. The summed E-state index contributed by atoms with van der Waals surface area (Å²) in [5.41, 5.74) is 0. The van der Waals surface area contributed by atoms with Gasteiger partial charge in [0, 0.05) is 38.9 Å². The zero-order chi connectivity index (χ0) is 11.5. The number of nitrogens with one attached hydrogen (secondary N) is 1.